The highest BCUT2D eigenvalue weighted by Crippen LogP contribution is 2.42. The van der Waals surface area contributed by atoms with Gasteiger partial charge in [-0.3, -0.25) is 9.59 Å². The van der Waals surface area contributed by atoms with Crippen molar-refractivity contribution in [1.29, 1.82) is 0 Å². The van der Waals surface area contributed by atoms with Gasteiger partial charge in [0.2, 0.25) is 5.91 Å². The van der Waals surface area contributed by atoms with Gasteiger partial charge in [-0.05, 0) is 48.9 Å². The number of amides is 1. The largest absolute Gasteiger partial charge is 0.573 e. The zero-order valence-corrected chi connectivity index (χ0v) is 16.2. The number of pyridine rings is 1. The van der Waals surface area contributed by atoms with Crippen molar-refractivity contribution in [2.45, 2.75) is 38.1 Å². The van der Waals surface area contributed by atoms with Gasteiger partial charge in [0.1, 0.15) is 5.75 Å². The average molecular weight is 418 g/mol. The summed E-state index contributed by atoms with van der Waals surface area (Å²) >= 11 is 0. The fourth-order valence-electron chi connectivity index (χ4n) is 4.86. The van der Waals surface area contributed by atoms with Crippen LogP contribution < -0.4 is 10.3 Å². The van der Waals surface area contributed by atoms with E-state index in [2.05, 4.69) is 4.74 Å². The predicted octanol–water partition coefficient (Wildman–Crippen LogP) is 3.77. The Morgan fingerprint density at radius 3 is 2.40 bits per heavy atom. The molecule has 1 amide bonds. The van der Waals surface area contributed by atoms with Crippen LogP contribution in [0.2, 0.25) is 0 Å². The SMILES string of the molecule is O=C(C1CC1)N1C[C@@H]2C[C@@H](C1)c1c(-c3ccc(OC(F)(F)F)cc3)ccc(=O)n1C2. The van der Waals surface area contributed by atoms with Crippen LogP contribution >= 0.6 is 0 Å². The number of aromatic nitrogens is 1. The maximum atomic E-state index is 12.6. The van der Waals surface area contributed by atoms with Gasteiger partial charge >= 0.3 is 6.36 Å². The molecule has 8 heteroatoms. The molecule has 2 aromatic rings. The first-order chi connectivity index (χ1) is 14.3. The molecule has 1 saturated heterocycles. The topological polar surface area (TPSA) is 51.5 Å². The van der Waals surface area contributed by atoms with Crippen molar-refractivity contribution in [3.05, 3.63) is 52.4 Å². The molecule has 0 radical (unpaired) electrons. The summed E-state index contributed by atoms with van der Waals surface area (Å²) in [7, 11) is 0. The number of halogens is 3. The summed E-state index contributed by atoms with van der Waals surface area (Å²) in [5.41, 5.74) is 2.33. The molecular formula is C22H21F3N2O3. The van der Waals surface area contributed by atoms with E-state index in [1.54, 1.807) is 22.8 Å². The van der Waals surface area contributed by atoms with Gasteiger partial charge in [-0.1, -0.05) is 12.1 Å². The number of hydrogen-bond donors (Lipinski definition) is 0. The summed E-state index contributed by atoms with van der Waals surface area (Å²) in [4.78, 5) is 27.1. The highest BCUT2D eigenvalue weighted by atomic mass is 19.4. The Balaban J connectivity index is 1.49. The third-order valence-corrected chi connectivity index (χ3v) is 6.23. The molecule has 2 fully saturated rings. The molecule has 1 aromatic carbocycles. The second-order valence-electron chi connectivity index (χ2n) is 8.47. The predicted molar refractivity (Wildman–Crippen MR) is 103 cm³/mol. The number of likely N-dealkylation sites (tertiary alicyclic amines) is 1. The molecule has 2 atom stereocenters. The van der Waals surface area contributed by atoms with Crippen LogP contribution in [-0.4, -0.2) is 34.8 Å². The summed E-state index contributed by atoms with van der Waals surface area (Å²) in [5, 5.41) is 0. The van der Waals surface area contributed by atoms with E-state index in [1.165, 1.54) is 18.2 Å². The zero-order valence-electron chi connectivity index (χ0n) is 16.2. The molecule has 2 bridgehead atoms. The monoisotopic (exact) mass is 418 g/mol. The summed E-state index contributed by atoms with van der Waals surface area (Å²) in [6.07, 6.45) is -1.92. The van der Waals surface area contributed by atoms with E-state index < -0.39 is 6.36 Å². The molecule has 0 N–H and O–H groups in total. The molecule has 158 valence electrons. The average Bonchev–Trinajstić information content (AvgIpc) is 3.53. The molecule has 5 nitrogen and oxygen atoms in total. The number of piperidine rings is 1. The Morgan fingerprint density at radius 1 is 1.00 bits per heavy atom. The van der Waals surface area contributed by atoms with Crippen molar-refractivity contribution in [2.24, 2.45) is 11.8 Å². The van der Waals surface area contributed by atoms with E-state index >= 15 is 0 Å². The molecule has 1 saturated carbocycles. The maximum Gasteiger partial charge on any atom is 0.573 e. The van der Waals surface area contributed by atoms with Crippen LogP contribution in [0, 0.1) is 11.8 Å². The van der Waals surface area contributed by atoms with Gasteiger partial charge in [-0.15, -0.1) is 13.2 Å². The summed E-state index contributed by atoms with van der Waals surface area (Å²) in [5.74, 6) is 0.367. The van der Waals surface area contributed by atoms with Gasteiger partial charge in [-0.25, -0.2) is 0 Å². The van der Waals surface area contributed by atoms with Crippen molar-refractivity contribution in [1.82, 2.24) is 9.47 Å². The normalized spacial score (nSPS) is 23.1. The van der Waals surface area contributed by atoms with E-state index in [0.29, 0.717) is 19.6 Å². The van der Waals surface area contributed by atoms with Gasteiger partial charge < -0.3 is 14.2 Å². The lowest BCUT2D eigenvalue weighted by atomic mass is 9.80. The quantitative estimate of drug-likeness (QED) is 0.763. The molecule has 1 aromatic heterocycles. The third kappa shape index (κ3) is 3.59. The summed E-state index contributed by atoms with van der Waals surface area (Å²) in [6, 6.07) is 8.94. The van der Waals surface area contributed by atoms with E-state index in [9.17, 15) is 22.8 Å². The lowest BCUT2D eigenvalue weighted by Crippen LogP contribution is -2.49. The first-order valence-electron chi connectivity index (χ1n) is 10.2. The fourth-order valence-corrected chi connectivity index (χ4v) is 4.86. The molecule has 5 rings (SSSR count). The number of carbonyl (C=O) groups is 1. The number of alkyl halides is 3. The van der Waals surface area contributed by atoms with Gasteiger partial charge in [0.25, 0.3) is 5.56 Å². The number of hydrogen-bond acceptors (Lipinski definition) is 3. The second kappa shape index (κ2) is 6.89. The highest BCUT2D eigenvalue weighted by Gasteiger charge is 2.41. The number of carbonyl (C=O) groups excluding carboxylic acids is 1. The minimum absolute atomic E-state index is 0.0372. The smallest absolute Gasteiger partial charge is 0.406 e. The lowest BCUT2D eigenvalue weighted by molar-refractivity contribution is -0.274. The second-order valence-corrected chi connectivity index (χ2v) is 8.47. The van der Waals surface area contributed by atoms with Crippen LogP contribution in [0.3, 0.4) is 0 Å². The van der Waals surface area contributed by atoms with E-state index in [4.69, 9.17) is 0 Å². The molecule has 0 unspecified atom stereocenters. The third-order valence-electron chi connectivity index (χ3n) is 6.23. The van der Waals surface area contributed by atoms with Gasteiger partial charge in [0.15, 0.2) is 0 Å². The summed E-state index contributed by atoms with van der Waals surface area (Å²) in [6.45, 7) is 1.82. The van der Waals surface area contributed by atoms with Gasteiger partial charge in [0.05, 0.1) is 0 Å². The van der Waals surface area contributed by atoms with Gasteiger partial charge in [-0.2, -0.15) is 0 Å². The number of fused-ring (bicyclic) bond motifs is 4. The van der Waals surface area contributed by atoms with Crippen molar-refractivity contribution in [3.63, 3.8) is 0 Å². The van der Waals surface area contributed by atoms with Crippen molar-refractivity contribution in [3.8, 4) is 16.9 Å². The molecule has 2 aliphatic heterocycles. The Morgan fingerprint density at radius 2 is 1.73 bits per heavy atom. The first kappa shape index (κ1) is 19.2. The Hall–Kier alpha value is -2.77. The Labute approximate surface area is 171 Å². The van der Waals surface area contributed by atoms with Crippen molar-refractivity contribution in [2.75, 3.05) is 13.1 Å². The number of ether oxygens (including phenoxy) is 1. The van der Waals surface area contributed by atoms with Crippen LogP contribution in [0.4, 0.5) is 13.2 Å². The fraction of sp³-hybridized carbons (Fsp3) is 0.455. The number of rotatable bonds is 3. The minimum Gasteiger partial charge on any atom is -0.406 e. The Bertz CT molecular complexity index is 1040. The minimum atomic E-state index is -4.74. The molecule has 1 aliphatic carbocycles. The highest BCUT2D eigenvalue weighted by molar-refractivity contribution is 5.81. The number of benzene rings is 1. The zero-order chi connectivity index (χ0) is 21.0. The standard InChI is InChI=1S/C22H21F3N2O3/c23-22(24,25)30-17-5-3-14(4-6-17)18-7-8-19(28)27-11-13-9-16(20(18)27)12-26(10-13)21(29)15-1-2-15/h3-8,13,15-16H,1-2,9-12H2/t13-,16-/m0/s1. The van der Waals surface area contributed by atoms with Crippen molar-refractivity contribution < 1.29 is 22.7 Å². The van der Waals surface area contributed by atoms with Crippen LogP contribution in [0.5, 0.6) is 5.75 Å². The van der Waals surface area contributed by atoms with E-state index in [-0.39, 0.29) is 35.0 Å². The van der Waals surface area contributed by atoms with Crippen molar-refractivity contribution >= 4 is 5.91 Å². The van der Waals surface area contributed by atoms with Crippen LogP contribution in [0.1, 0.15) is 30.9 Å². The Kier molecular flexibility index (Phi) is 4.41. The van der Waals surface area contributed by atoms with Crippen LogP contribution in [0.25, 0.3) is 11.1 Å². The first-order valence-corrected chi connectivity index (χ1v) is 10.2. The van der Waals surface area contributed by atoms with Crippen LogP contribution in [-0.2, 0) is 11.3 Å². The molecular weight excluding hydrogens is 397 g/mol. The summed E-state index contributed by atoms with van der Waals surface area (Å²) < 4.78 is 43.1. The van der Waals surface area contributed by atoms with Crippen LogP contribution in [0.15, 0.2) is 41.2 Å². The number of nitrogens with zero attached hydrogens (tertiary/aromatic N) is 2. The molecule has 3 aliphatic rings. The van der Waals surface area contributed by atoms with E-state index in [0.717, 1.165) is 36.1 Å². The lowest BCUT2D eigenvalue weighted by Gasteiger charge is -2.43. The maximum absolute atomic E-state index is 12.6. The molecule has 30 heavy (non-hydrogen) atoms. The van der Waals surface area contributed by atoms with E-state index in [1.807, 2.05) is 4.90 Å². The molecule has 0 spiro atoms. The van der Waals surface area contributed by atoms with Gasteiger partial charge in [0, 0.05) is 48.8 Å². The molecule has 3 heterocycles.